The highest BCUT2D eigenvalue weighted by molar-refractivity contribution is 7.97. The van der Waals surface area contributed by atoms with E-state index in [0.717, 1.165) is 6.07 Å². The summed E-state index contributed by atoms with van der Waals surface area (Å²) >= 11 is 0. The van der Waals surface area contributed by atoms with Gasteiger partial charge in [0, 0.05) is 5.56 Å². The second kappa shape index (κ2) is 10.7. The van der Waals surface area contributed by atoms with Crippen LogP contribution in [0.3, 0.4) is 0 Å². The van der Waals surface area contributed by atoms with Gasteiger partial charge in [-0.25, -0.2) is 17.2 Å². The molecule has 0 aliphatic carbocycles. The van der Waals surface area contributed by atoms with Gasteiger partial charge in [-0.2, -0.15) is 0 Å². The quantitative estimate of drug-likeness (QED) is 0.253. The van der Waals surface area contributed by atoms with Crippen molar-refractivity contribution < 1.29 is 21.8 Å². The van der Waals surface area contributed by atoms with E-state index in [0.29, 0.717) is 12.1 Å². The molecule has 0 spiro atoms. The van der Waals surface area contributed by atoms with Crippen molar-refractivity contribution in [2.75, 3.05) is 0 Å². The molecule has 0 saturated carbocycles. The maximum Gasteiger partial charge on any atom is 0.169 e. The molecular weight excluding hydrogens is 462 g/mol. The fourth-order valence-corrected chi connectivity index (χ4v) is 6.09. The second-order valence-electron chi connectivity index (χ2n) is 7.21. The molecule has 0 radical (unpaired) electrons. The van der Waals surface area contributed by atoms with Gasteiger partial charge in [0.2, 0.25) is 0 Å². The zero-order chi connectivity index (χ0) is 24.0. The molecule has 0 amide bonds. The minimum absolute atomic E-state index is 0.0345. The van der Waals surface area contributed by atoms with Gasteiger partial charge in [-0.3, -0.25) is 0 Å². The average molecular weight is 485 g/mol. The van der Waals surface area contributed by atoms with Crippen molar-refractivity contribution in [3.8, 4) is 0 Å². The molecular formula is C26H22F2O3S2. The van der Waals surface area contributed by atoms with Gasteiger partial charge in [0.25, 0.3) is 0 Å². The van der Waals surface area contributed by atoms with Gasteiger partial charge in [-0.05, 0) is 56.3 Å². The van der Waals surface area contributed by atoms with Gasteiger partial charge in [0.15, 0.2) is 14.7 Å². The van der Waals surface area contributed by atoms with Crippen molar-refractivity contribution in [3.63, 3.8) is 0 Å². The minimum Gasteiger partial charge on any atom is -0.744 e. The fraction of sp³-hybridized carbons (Fsp3) is 0.0769. The Balaban J connectivity index is 0.000000218. The molecule has 0 bridgehead atoms. The first-order valence-corrected chi connectivity index (χ1v) is 12.6. The molecule has 0 aliphatic rings. The Morgan fingerprint density at radius 3 is 1.58 bits per heavy atom. The molecule has 33 heavy (non-hydrogen) atoms. The highest BCUT2D eigenvalue weighted by Gasteiger charge is 2.29. The lowest BCUT2D eigenvalue weighted by Crippen LogP contribution is -2.06. The van der Waals surface area contributed by atoms with Crippen molar-refractivity contribution in [1.82, 2.24) is 0 Å². The number of hydrogen-bond donors (Lipinski definition) is 0. The number of rotatable bonds is 4. The summed E-state index contributed by atoms with van der Waals surface area (Å²) in [6.45, 7) is 4.37. The molecule has 0 N–H and O–H groups in total. The van der Waals surface area contributed by atoms with Crippen molar-refractivity contribution in [1.29, 1.82) is 0 Å². The van der Waals surface area contributed by atoms with Gasteiger partial charge in [-0.15, -0.1) is 0 Å². The second-order valence-corrected chi connectivity index (χ2v) is 10.5. The third kappa shape index (κ3) is 6.28. The highest BCUT2D eigenvalue weighted by Crippen LogP contribution is 2.33. The predicted octanol–water partition coefficient (Wildman–Crippen LogP) is 6.27. The van der Waals surface area contributed by atoms with E-state index >= 15 is 0 Å². The largest absolute Gasteiger partial charge is 0.744 e. The Bertz CT molecular complexity index is 1270. The Labute approximate surface area is 195 Å². The van der Waals surface area contributed by atoms with E-state index in [2.05, 4.69) is 92.7 Å². The Hall–Kier alpha value is -3.00. The summed E-state index contributed by atoms with van der Waals surface area (Å²) in [5.41, 5.74) is 2.69. The molecule has 4 aromatic carbocycles. The van der Waals surface area contributed by atoms with Crippen LogP contribution in [0.4, 0.5) is 8.78 Å². The van der Waals surface area contributed by atoms with Gasteiger partial charge < -0.3 is 4.55 Å². The van der Waals surface area contributed by atoms with Crippen LogP contribution >= 0.6 is 0 Å². The normalized spacial score (nSPS) is 11.1. The topological polar surface area (TPSA) is 57.2 Å². The fourth-order valence-electron chi connectivity index (χ4n) is 3.25. The van der Waals surface area contributed by atoms with Crippen LogP contribution in [0.1, 0.15) is 11.1 Å². The lowest BCUT2D eigenvalue weighted by molar-refractivity contribution is 0.441. The number of hydrogen-bond acceptors (Lipinski definition) is 3. The van der Waals surface area contributed by atoms with Gasteiger partial charge in [0.1, 0.15) is 26.6 Å². The van der Waals surface area contributed by atoms with Crippen molar-refractivity contribution in [3.05, 3.63) is 120 Å². The smallest absolute Gasteiger partial charge is 0.169 e. The summed E-state index contributed by atoms with van der Waals surface area (Å²) < 4.78 is 55.8. The lowest BCUT2D eigenvalue weighted by atomic mass is 10.2. The summed E-state index contributed by atoms with van der Waals surface area (Å²) in [4.78, 5) is 2.73. The molecule has 0 atom stereocenters. The van der Waals surface area contributed by atoms with Crippen molar-refractivity contribution >= 4 is 21.0 Å². The molecule has 4 aromatic rings. The van der Waals surface area contributed by atoms with Crippen LogP contribution in [0.15, 0.2) is 117 Å². The van der Waals surface area contributed by atoms with E-state index in [1.807, 2.05) is 0 Å². The Kier molecular flexibility index (Phi) is 8.02. The van der Waals surface area contributed by atoms with E-state index in [1.54, 1.807) is 0 Å². The van der Waals surface area contributed by atoms with Crippen LogP contribution in [-0.2, 0) is 21.0 Å². The third-order valence-corrected chi connectivity index (χ3v) is 7.95. The van der Waals surface area contributed by atoms with Crippen LogP contribution < -0.4 is 0 Å². The van der Waals surface area contributed by atoms with Gasteiger partial charge >= 0.3 is 0 Å². The Morgan fingerprint density at radius 2 is 1.18 bits per heavy atom. The standard InChI is InChI=1S/C20H19S.C6H4F2O3S/c1-16-13-14-20(17(2)15-16)21(18-9-5-3-6-10-18)19-11-7-4-8-12-19;7-4-2-1-3-5(8)6(4)12(9,10)11/h3-15H,1-2H3;1-3H,(H,9,10,11)/q+1;/p-1. The monoisotopic (exact) mass is 484 g/mol. The van der Waals surface area contributed by atoms with Crippen LogP contribution in [-0.4, -0.2) is 13.0 Å². The van der Waals surface area contributed by atoms with Crippen LogP contribution in [0.2, 0.25) is 0 Å². The summed E-state index contributed by atoms with van der Waals surface area (Å²) in [7, 11) is -5.10. The summed E-state index contributed by atoms with van der Waals surface area (Å²) in [6.07, 6.45) is 0. The van der Waals surface area contributed by atoms with E-state index in [4.69, 9.17) is 0 Å². The average Bonchev–Trinajstić information content (AvgIpc) is 2.76. The number of halogens is 2. The zero-order valence-corrected chi connectivity index (χ0v) is 19.7. The van der Waals surface area contributed by atoms with Crippen LogP contribution in [0, 0.1) is 25.5 Å². The molecule has 3 nitrogen and oxygen atoms in total. The highest BCUT2D eigenvalue weighted by atomic mass is 32.2. The minimum atomic E-state index is -5.06. The molecule has 0 aliphatic heterocycles. The molecule has 4 rings (SSSR count). The van der Waals surface area contributed by atoms with E-state index in [-0.39, 0.29) is 10.9 Å². The zero-order valence-electron chi connectivity index (χ0n) is 18.0. The van der Waals surface area contributed by atoms with Gasteiger partial charge in [-0.1, -0.05) is 60.2 Å². The molecule has 0 aromatic heterocycles. The molecule has 0 heterocycles. The molecule has 0 fully saturated rings. The molecule has 0 unspecified atom stereocenters. The van der Waals surface area contributed by atoms with E-state index in [9.17, 15) is 21.8 Å². The first-order chi connectivity index (χ1) is 15.7. The lowest BCUT2D eigenvalue weighted by Gasteiger charge is -2.10. The molecule has 7 heteroatoms. The molecule has 170 valence electrons. The Morgan fingerprint density at radius 1 is 0.697 bits per heavy atom. The third-order valence-electron chi connectivity index (χ3n) is 4.68. The number of aryl methyl sites for hydroxylation is 2. The first-order valence-electron chi connectivity index (χ1n) is 10.00. The van der Waals surface area contributed by atoms with Gasteiger partial charge in [0.05, 0.1) is 10.9 Å². The van der Waals surface area contributed by atoms with Crippen LogP contribution in [0.5, 0.6) is 0 Å². The SMILES string of the molecule is Cc1ccc([S+](c2ccccc2)c2ccccc2)c(C)c1.O=S(=O)([O-])c1c(F)cccc1F. The van der Waals surface area contributed by atoms with Crippen LogP contribution in [0.25, 0.3) is 0 Å². The van der Waals surface area contributed by atoms with Crippen molar-refractivity contribution in [2.45, 2.75) is 33.4 Å². The maximum atomic E-state index is 12.5. The summed E-state index contributed by atoms with van der Waals surface area (Å²) in [5, 5.41) is 0. The number of benzene rings is 4. The molecule has 0 saturated heterocycles. The van der Waals surface area contributed by atoms with Crippen molar-refractivity contribution in [2.24, 2.45) is 0 Å². The predicted molar refractivity (Wildman–Crippen MR) is 125 cm³/mol. The first kappa shape index (κ1) is 24.6. The summed E-state index contributed by atoms with van der Waals surface area (Å²) in [6, 6.07) is 30.8. The summed E-state index contributed by atoms with van der Waals surface area (Å²) in [5.74, 6) is -2.74. The van der Waals surface area contributed by atoms with E-state index in [1.165, 1.54) is 25.8 Å². The van der Waals surface area contributed by atoms with E-state index < -0.39 is 26.6 Å². The maximum absolute atomic E-state index is 12.5.